The topological polar surface area (TPSA) is 45.5 Å². The molecule has 1 aromatic heterocycles. The van der Waals surface area contributed by atoms with Gasteiger partial charge in [0.15, 0.2) is 0 Å². The first-order valence-electron chi connectivity index (χ1n) is 10.0. The molecule has 1 fully saturated rings. The standard InChI is InChI=1S/C23H32N2O2.ClH/c1-17-11-13-25(14-12-17)20(21-6-5-15-27-21)16-24-22(26)18-7-9-19(10-8-18)23(2,3)4;/h5-10,15,17,20H,11-14,16H2,1-4H3,(H,24,26);1H. The summed E-state index contributed by atoms with van der Waals surface area (Å²) in [4.78, 5) is 15.1. The fraction of sp³-hybridized carbons (Fsp3) is 0.522. The number of hydrogen-bond donors (Lipinski definition) is 1. The number of likely N-dealkylation sites (tertiary alicyclic amines) is 1. The number of halogens is 1. The van der Waals surface area contributed by atoms with Gasteiger partial charge in [-0.05, 0) is 67.1 Å². The second-order valence-electron chi connectivity index (χ2n) is 8.79. The van der Waals surface area contributed by atoms with Gasteiger partial charge < -0.3 is 9.73 Å². The van der Waals surface area contributed by atoms with Crippen molar-refractivity contribution < 1.29 is 9.21 Å². The van der Waals surface area contributed by atoms with Crippen LogP contribution < -0.4 is 5.32 Å². The van der Waals surface area contributed by atoms with E-state index in [2.05, 4.69) is 37.9 Å². The van der Waals surface area contributed by atoms with Crippen LogP contribution in [0, 0.1) is 5.92 Å². The van der Waals surface area contributed by atoms with Gasteiger partial charge in [0.25, 0.3) is 5.91 Å². The van der Waals surface area contributed by atoms with Crippen LogP contribution in [0.25, 0.3) is 0 Å². The number of carbonyl (C=O) groups is 1. The molecule has 2 aromatic rings. The number of nitrogens with zero attached hydrogens (tertiary/aromatic N) is 1. The molecule has 1 amide bonds. The highest BCUT2D eigenvalue weighted by Crippen LogP contribution is 2.27. The zero-order valence-corrected chi connectivity index (χ0v) is 18.2. The fourth-order valence-electron chi connectivity index (χ4n) is 3.64. The van der Waals surface area contributed by atoms with Crippen LogP contribution in [0.1, 0.15) is 68.3 Å². The van der Waals surface area contributed by atoms with Gasteiger partial charge in [-0.25, -0.2) is 0 Å². The molecule has 1 N–H and O–H groups in total. The molecule has 0 radical (unpaired) electrons. The summed E-state index contributed by atoms with van der Waals surface area (Å²) in [6.07, 6.45) is 4.10. The number of benzene rings is 1. The zero-order valence-electron chi connectivity index (χ0n) is 17.4. The van der Waals surface area contributed by atoms with E-state index in [4.69, 9.17) is 4.42 Å². The summed E-state index contributed by atoms with van der Waals surface area (Å²) in [5.41, 5.74) is 2.02. The van der Waals surface area contributed by atoms with Gasteiger partial charge >= 0.3 is 0 Å². The Morgan fingerprint density at radius 1 is 1.18 bits per heavy atom. The first-order valence-corrected chi connectivity index (χ1v) is 10.0. The van der Waals surface area contributed by atoms with E-state index in [0.717, 1.165) is 24.8 Å². The molecule has 0 spiro atoms. The van der Waals surface area contributed by atoms with E-state index in [1.807, 2.05) is 36.4 Å². The third-order valence-corrected chi connectivity index (χ3v) is 5.60. The van der Waals surface area contributed by atoms with Crippen molar-refractivity contribution in [3.8, 4) is 0 Å². The lowest BCUT2D eigenvalue weighted by molar-refractivity contribution is 0.0895. The lowest BCUT2D eigenvalue weighted by Crippen LogP contribution is -2.41. The van der Waals surface area contributed by atoms with Gasteiger partial charge in [-0.1, -0.05) is 39.8 Å². The SMILES string of the molecule is CC1CCN(C(CNC(=O)c2ccc(C(C)(C)C)cc2)c2ccco2)CC1.Cl. The van der Waals surface area contributed by atoms with Gasteiger partial charge in [-0.2, -0.15) is 0 Å². The van der Waals surface area contributed by atoms with Crippen LogP contribution in [0.3, 0.4) is 0 Å². The van der Waals surface area contributed by atoms with Crippen LogP contribution in [0.5, 0.6) is 0 Å². The normalized spacial score (nSPS) is 17.0. The first-order chi connectivity index (χ1) is 12.8. The van der Waals surface area contributed by atoms with Crippen molar-refractivity contribution in [3.63, 3.8) is 0 Å². The Balaban J connectivity index is 0.00000280. The van der Waals surface area contributed by atoms with Crippen molar-refractivity contribution in [2.45, 2.75) is 52.0 Å². The van der Waals surface area contributed by atoms with Gasteiger partial charge in [0.05, 0.1) is 12.3 Å². The molecule has 154 valence electrons. The third-order valence-electron chi connectivity index (χ3n) is 5.60. The number of amides is 1. The first kappa shape index (κ1) is 22.5. The molecule has 0 aliphatic carbocycles. The van der Waals surface area contributed by atoms with E-state index in [-0.39, 0.29) is 29.8 Å². The minimum Gasteiger partial charge on any atom is -0.468 e. The molecule has 4 nitrogen and oxygen atoms in total. The summed E-state index contributed by atoms with van der Waals surface area (Å²) in [5.74, 6) is 1.67. The molecular weight excluding hydrogens is 372 g/mol. The molecule has 1 aliphatic heterocycles. The number of rotatable bonds is 5. The van der Waals surface area contributed by atoms with Gasteiger partial charge in [0.1, 0.15) is 5.76 Å². The Kier molecular flexibility index (Phi) is 7.73. The molecule has 1 saturated heterocycles. The summed E-state index contributed by atoms with van der Waals surface area (Å²) in [5, 5.41) is 3.11. The number of nitrogens with one attached hydrogen (secondary N) is 1. The molecule has 1 unspecified atom stereocenters. The van der Waals surface area contributed by atoms with Gasteiger partial charge in [-0.3, -0.25) is 9.69 Å². The Hall–Kier alpha value is -1.78. The maximum Gasteiger partial charge on any atom is 0.251 e. The average molecular weight is 405 g/mol. The summed E-state index contributed by atoms with van der Waals surface area (Å²) >= 11 is 0. The fourth-order valence-corrected chi connectivity index (χ4v) is 3.64. The minimum atomic E-state index is -0.0302. The van der Waals surface area contributed by atoms with E-state index < -0.39 is 0 Å². The number of hydrogen-bond acceptors (Lipinski definition) is 3. The molecule has 0 bridgehead atoms. The highest BCUT2D eigenvalue weighted by molar-refractivity contribution is 5.94. The van der Waals surface area contributed by atoms with E-state index in [1.165, 1.54) is 18.4 Å². The number of furan rings is 1. The molecule has 2 heterocycles. The van der Waals surface area contributed by atoms with Crippen LogP contribution in [0.4, 0.5) is 0 Å². The smallest absolute Gasteiger partial charge is 0.251 e. The van der Waals surface area contributed by atoms with E-state index in [9.17, 15) is 4.79 Å². The predicted molar refractivity (Wildman–Crippen MR) is 116 cm³/mol. The highest BCUT2D eigenvalue weighted by atomic mass is 35.5. The van der Waals surface area contributed by atoms with Crippen molar-refractivity contribution in [2.75, 3.05) is 19.6 Å². The molecule has 0 saturated carbocycles. The molecular formula is C23H33ClN2O2. The maximum absolute atomic E-state index is 12.7. The van der Waals surface area contributed by atoms with E-state index >= 15 is 0 Å². The van der Waals surface area contributed by atoms with Crippen molar-refractivity contribution in [2.24, 2.45) is 5.92 Å². The third kappa shape index (κ3) is 5.62. The average Bonchev–Trinajstić information content (AvgIpc) is 3.17. The lowest BCUT2D eigenvalue weighted by Gasteiger charge is -2.35. The molecule has 1 atom stereocenters. The molecule has 3 rings (SSSR count). The summed E-state index contributed by atoms with van der Waals surface area (Å²) in [6, 6.07) is 11.9. The Morgan fingerprint density at radius 2 is 1.82 bits per heavy atom. The summed E-state index contributed by atoms with van der Waals surface area (Å²) < 4.78 is 5.67. The second-order valence-corrected chi connectivity index (χ2v) is 8.79. The van der Waals surface area contributed by atoms with E-state index in [1.54, 1.807) is 6.26 Å². The lowest BCUT2D eigenvalue weighted by atomic mass is 9.87. The quantitative estimate of drug-likeness (QED) is 0.744. The van der Waals surface area contributed by atoms with Crippen LogP contribution in [0.2, 0.25) is 0 Å². The van der Waals surface area contributed by atoms with Crippen molar-refractivity contribution >= 4 is 18.3 Å². The number of piperidine rings is 1. The van der Waals surface area contributed by atoms with Crippen LogP contribution >= 0.6 is 12.4 Å². The Labute approximate surface area is 175 Å². The Bertz CT molecular complexity index is 727. The van der Waals surface area contributed by atoms with Crippen LogP contribution in [-0.2, 0) is 5.41 Å². The Morgan fingerprint density at radius 3 is 2.36 bits per heavy atom. The van der Waals surface area contributed by atoms with Crippen molar-refractivity contribution in [3.05, 3.63) is 59.5 Å². The molecule has 1 aliphatic rings. The molecule has 1 aromatic carbocycles. The highest BCUT2D eigenvalue weighted by Gasteiger charge is 2.27. The summed E-state index contributed by atoms with van der Waals surface area (Å²) in [6.45, 7) is 11.5. The second kappa shape index (κ2) is 9.62. The zero-order chi connectivity index (χ0) is 19.4. The van der Waals surface area contributed by atoms with Crippen molar-refractivity contribution in [1.82, 2.24) is 10.2 Å². The van der Waals surface area contributed by atoms with Gasteiger partial charge in [0.2, 0.25) is 0 Å². The maximum atomic E-state index is 12.7. The predicted octanol–water partition coefficient (Wildman–Crippen LogP) is 5.20. The molecule has 28 heavy (non-hydrogen) atoms. The van der Waals surface area contributed by atoms with Crippen LogP contribution in [0.15, 0.2) is 47.1 Å². The van der Waals surface area contributed by atoms with E-state index in [0.29, 0.717) is 12.1 Å². The monoisotopic (exact) mass is 404 g/mol. The largest absolute Gasteiger partial charge is 0.468 e. The molecule has 5 heteroatoms. The number of carbonyl (C=O) groups excluding carboxylic acids is 1. The van der Waals surface area contributed by atoms with Crippen LogP contribution in [-0.4, -0.2) is 30.4 Å². The van der Waals surface area contributed by atoms with Crippen molar-refractivity contribution in [1.29, 1.82) is 0 Å². The van der Waals surface area contributed by atoms with Gasteiger partial charge in [-0.15, -0.1) is 12.4 Å². The summed E-state index contributed by atoms with van der Waals surface area (Å²) in [7, 11) is 0. The van der Waals surface area contributed by atoms with Gasteiger partial charge in [0, 0.05) is 12.1 Å². The minimum absolute atomic E-state index is 0.